The molecule has 3 heteroatoms. The van der Waals surface area contributed by atoms with Gasteiger partial charge in [-0.25, -0.2) is 4.98 Å². The molecule has 3 rings (SSSR count). The van der Waals surface area contributed by atoms with Crippen molar-refractivity contribution in [3.63, 3.8) is 0 Å². The van der Waals surface area contributed by atoms with Crippen LogP contribution in [0.1, 0.15) is 43.7 Å². The van der Waals surface area contributed by atoms with Gasteiger partial charge in [0, 0.05) is 25.3 Å². The van der Waals surface area contributed by atoms with Gasteiger partial charge < -0.3 is 4.90 Å². The number of likely N-dealkylation sites (tertiary alicyclic amines) is 1. The Morgan fingerprint density at radius 3 is 2.50 bits per heavy atom. The number of pyridine rings is 1. The molecule has 98 valence electrons. The summed E-state index contributed by atoms with van der Waals surface area (Å²) in [6.07, 6.45) is 8.69. The topological polar surface area (TPSA) is 19.4 Å². The van der Waals surface area contributed by atoms with Crippen LogP contribution in [0.5, 0.6) is 0 Å². The van der Waals surface area contributed by atoms with Crippen molar-refractivity contribution in [2.45, 2.75) is 38.1 Å². The Hall–Kier alpha value is -1.09. The van der Waals surface area contributed by atoms with Crippen LogP contribution in [0.3, 0.4) is 0 Å². The van der Waals surface area contributed by atoms with Crippen molar-refractivity contribution >= 4 is 5.82 Å². The highest BCUT2D eigenvalue weighted by atomic mass is 15.2. The smallest absolute Gasteiger partial charge is 0.128 e. The Kier molecular flexibility index (Phi) is 3.50. The standard InChI is InChI=1S/C15H23N3/c1-17-9-5-6-14(17)13-7-8-15(16-12-13)18-10-3-2-4-11-18/h7-8,12,14H,2-6,9-11H2,1H3. The van der Waals surface area contributed by atoms with Gasteiger partial charge in [0.2, 0.25) is 0 Å². The maximum absolute atomic E-state index is 4.68. The molecule has 0 radical (unpaired) electrons. The van der Waals surface area contributed by atoms with Crippen LogP contribution in [0, 0.1) is 0 Å². The number of aromatic nitrogens is 1. The fourth-order valence-corrected chi connectivity index (χ4v) is 3.24. The lowest BCUT2D eigenvalue weighted by Crippen LogP contribution is -2.30. The molecule has 0 amide bonds. The molecule has 2 saturated heterocycles. The molecule has 0 aromatic carbocycles. The first kappa shape index (κ1) is 12.0. The quantitative estimate of drug-likeness (QED) is 0.798. The van der Waals surface area contributed by atoms with E-state index in [9.17, 15) is 0 Å². The Morgan fingerprint density at radius 1 is 1.06 bits per heavy atom. The molecule has 1 aromatic rings. The summed E-state index contributed by atoms with van der Waals surface area (Å²) in [5, 5.41) is 0. The van der Waals surface area contributed by atoms with E-state index in [4.69, 9.17) is 0 Å². The maximum Gasteiger partial charge on any atom is 0.128 e. The third-order valence-corrected chi connectivity index (χ3v) is 4.36. The largest absolute Gasteiger partial charge is 0.357 e. The first-order valence-corrected chi connectivity index (χ1v) is 7.26. The van der Waals surface area contributed by atoms with Crippen molar-refractivity contribution in [1.29, 1.82) is 0 Å². The molecule has 2 aliphatic rings. The summed E-state index contributed by atoms with van der Waals surface area (Å²) in [5.74, 6) is 1.17. The molecule has 18 heavy (non-hydrogen) atoms. The molecule has 0 spiro atoms. The number of hydrogen-bond donors (Lipinski definition) is 0. The van der Waals surface area contributed by atoms with Gasteiger partial charge in [0.25, 0.3) is 0 Å². The van der Waals surface area contributed by atoms with Gasteiger partial charge in [0.05, 0.1) is 0 Å². The molecule has 0 bridgehead atoms. The summed E-state index contributed by atoms with van der Waals surface area (Å²) in [7, 11) is 2.22. The molecule has 1 aromatic heterocycles. The van der Waals surface area contributed by atoms with E-state index in [1.54, 1.807) is 0 Å². The highest BCUT2D eigenvalue weighted by molar-refractivity contribution is 5.40. The molecule has 1 unspecified atom stereocenters. The minimum atomic E-state index is 0.591. The molecule has 3 nitrogen and oxygen atoms in total. The van der Waals surface area contributed by atoms with E-state index in [0.717, 1.165) is 0 Å². The van der Waals surface area contributed by atoms with E-state index in [0.29, 0.717) is 6.04 Å². The second-order valence-electron chi connectivity index (χ2n) is 5.64. The Morgan fingerprint density at radius 2 is 1.89 bits per heavy atom. The van der Waals surface area contributed by atoms with Gasteiger partial charge in [-0.3, -0.25) is 4.90 Å². The first-order chi connectivity index (χ1) is 8.84. The van der Waals surface area contributed by atoms with E-state index in [2.05, 4.69) is 40.2 Å². The van der Waals surface area contributed by atoms with Crippen molar-refractivity contribution in [3.05, 3.63) is 23.9 Å². The molecule has 0 saturated carbocycles. The highest BCUT2D eigenvalue weighted by Crippen LogP contribution is 2.30. The predicted molar refractivity (Wildman–Crippen MR) is 74.9 cm³/mol. The first-order valence-electron chi connectivity index (χ1n) is 7.26. The maximum atomic E-state index is 4.68. The number of piperidine rings is 1. The van der Waals surface area contributed by atoms with Gasteiger partial charge in [-0.1, -0.05) is 6.07 Å². The molecular weight excluding hydrogens is 222 g/mol. The predicted octanol–water partition coefficient (Wildman–Crippen LogP) is 2.84. The summed E-state index contributed by atoms with van der Waals surface area (Å²) in [6.45, 7) is 3.57. The minimum absolute atomic E-state index is 0.591. The van der Waals surface area contributed by atoms with Crippen molar-refractivity contribution in [2.24, 2.45) is 0 Å². The van der Waals surface area contributed by atoms with Gasteiger partial charge in [0.1, 0.15) is 5.82 Å². The fourth-order valence-electron chi connectivity index (χ4n) is 3.24. The van der Waals surface area contributed by atoms with Crippen molar-refractivity contribution in [2.75, 3.05) is 31.6 Å². The normalized spacial score (nSPS) is 25.6. The average molecular weight is 245 g/mol. The molecule has 3 heterocycles. The second-order valence-corrected chi connectivity index (χ2v) is 5.64. The number of hydrogen-bond acceptors (Lipinski definition) is 3. The Labute approximate surface area is 110 Å². The lowest BCUT2D eigenvalue weighted by molar-refractivity contribution is 0.317. The molecular formula is C15H23N3. The number of nitrogens with zero attached hydrogens (tertiary/aromatic N) is 3. The average Bonchev–Trinajstić information content (AvgIpc) is 2.86. The van der Waals surface area contributed by atoms with E-state index < -0.39 is 0 Å². The molecule has 2 aliphatic heterocycles. The summed E-state index contributed by atoms with van der Waals surface area (Å²) < 4.78 is 0. The van der Waals surface area contributed by atoms with Crippen molar-refractivity contribution in [3.8, 4) is 0 Å². The summed E-state index contributed by atoms with van der Waals surface area (Å²) in [6, 6.07) is 5.09. The van der Waals surface area contributed by atoms with Crippen LogP contribution in [-0.2, 0) is 0 Å². The summed E-state index contributed by atoms with van der Waals surface area (Å²) in [4.78, 5) is 9.54. The third kappa shape index (κ3) is 2.37. The Balaban J connectivity index is 1.72. The van der Waals surface area contributed by atoms with Gasteiger partial charge in [-0.15, -0.1) is 0 Å². The SMILES string of the molecule is CN1CCCC1c1ccc(N2CCCCC2)nc1. The zero-order chi connectivity index (χ0) is 12.4. The van der Waals surface area contributed by atoms with Crippen LogP contribution >= 0.6 is 0 Å². The lowest BCUT2D eigenvalue weighted by atomic mass is 10.1. The monoisotopic (exact) mass is 245 g/mol. The molecule has 1 atom stereocenters. The van der Waals surface area contributed by atoms with Crippen LogP contribution in [0.15, 0.2) is 18.3 Å². The van der Waals surface area contributed by atoms with Crippen LogP contribution in [0.2, 0.25) is 0 Å². The van der Waals surface area contributed by atoms with Gasteiger partial charge >= 0.3 is 0 Å². The van der Waals surface area contributed by atoms with Crippen LogP contribution < -0.4 is 4.90 Å². The Bertz CT molecular complexity index is 381. The minimum Gasteiger partial charge on any atom is -0.357 e. The van der Waals surface area contributed by atoms with Gasteiger partial charge in [-0.2, -0.15) is 0 Å². The van der Waals surface area contributed by atoms with Crippen molar-refractivity contribution < 1.29 is 0 Å². The highest BCUT2D eigenvalue weighted by Gasteiger charge is 2.23. The lowest BCUT2D eigenvalue weighted by Gasteiger charge is -2.28. The van der Waals surface area contributed by atoms with Crippen LogP contribution in [-0.4, -0.2) is 36.6 Å². The van der Waals surface area contributed by atoms with Crippen molar-refractivity contribution in [1.82, 2.24) is 9.88 Å². The van der Waals surface area contributed by atoms with E-state index in [1.807, 2.05) is 0 Å². The van der Waals surface area contributed by atoms with Gasteiger partial charge in [0.15, 0.2) is 0 Å². The summed E-state index contributed by atoms with van der Waals surface area (Å²) in [5.41, 5.74) is 1.38. The van der Waals surface area contributed by atoms with E-state index >= 15 is 0 Å². The van der Waals surface area contributed by atoms with Gasteiger partial charge in [-0.05, 0) is 57.3 Å². The zero-order valence-electron chi connectivity index (χ0n) is 11.3. The zero-order valence-corrected chi connectivity index (χ0v) is 11.3. The number of anilines is 1. The van der Waals surface area contributed by atoms with E-state index in [1.165, 1.54) is 63.1 Å². The molecule has 0 N–H and O–H groups in total. The summed E-state index contributed by atoms with van der Waals surface area (Å²) >= 11 is 0. The van der Waals surface area contributed by atoms with Crippen LogP contribution in [0.4, 0.5) is 5.82 Å². The van der Waals surface area contributed by atoms with E-state index in [-0.39, 0.29) is 0 Å². The third-order valence-electron chi connectivity index (χ3n) is 4.36. The molecule has 0 aliphatic carbocycles. The van der Waals surface area contributed by atoms with Crippen LogP contribution in [0.25, 0.3) is 0 Å². The second kappa shape index (κ2) is 5.27. The molecule has 2 fully saturated rings. The fraction of sp³-hybridized carbons (Fsp3) is 0.667. The number of rotatable bonds is 2.